The van der Waals surface area contributed by atoms with E-state index in [2.05, 4.69) is 82.7 Å². The first-order valence-corrected chi connectivity index (χ1v) is 17.1. The zero-order valence-electron chi connectivity index (χ0n) is 28.9. The van der Waals surface area contributed by atoms with Crippen LogP contribution in [0.25, 0.3) is 32.6 Å². The van der Waals surface area contributed by atoms with Crippen LogP contribution in [0.2, 0.25) is 0 Å². The minimum absolute atomic E-state index is 0.0729. The molecule has 9 nitrogen and oxygen atoms in total. The van der Waals surface area contributed by atoms with Gasteiger partial charge in [-0.05, 0) is 65.0 Å². The van der Waals surface area contributed by atoms with Gasteiger partial charge < -0.3 is 15.6 Å². The van der Waals surface area contributed by atoms with Crippen LogP contribution in [0.4, 0.5) is 22.7 Å². The van der Waals surface area contributed by atoms with Crippen LogP contribution in [0, 0.1) is 16.2 Å². The summed E-state index contributed by atoms with van der Waals surface area (Å²) in [6.07, 6.45) is 18.1. The molecule has 0 spiro atoms. The van der Waals surface area contributed by atoms with Crippen LogP contribution in [-0.4, -0.2) is 16.7 Å². The molecule has 8 rings (SSSR count). The smallest absolute Gasteiger partial charge is 0.258 e. The van der Waals surface area contributed by atoms with Gasteiger partial charge in [0.2, 0.25) is 0 Å². The van der Waals surface area contributed by atoms with Crippen molar-refractivity contribution in [2.75, 3.05) is 0 Å². The van der Waals surface area contributed by atoms with Crippen molar-refractivity contribution in [1.82, 2.24) is 15.6 Å². The summed E-state index contributed by atoms with van der Waals surface area (Å²) in [7, 11) is 0. The van der Waals surface area contributed by atoms with Gasteiger partial charge in [0.1, 0.15) is 17.2 Å². The fourth-order valence-electron chi connectivity index (χ4n) is 6.63. The number of hydrogen-bond donors (Lipinski definition) is 3. The Balaban J connectivity index is 1.20. The van der Waals surface area contributed by atoms with Gasteiger partial charge in [0.05, 0.1) is 22.5 Å². The van der Waals surface area contributed by atoms with Crippen LogP contribution < -0.4 is 10.6 Å². The number of hydrogen-bond acceptors (Lipinski definition) is 6. The summed E-state index contributed by atoms with van der Waals surface area (Å²) in [4.78, 5) is 34.8. The van der Waals surface area contributed by atoms with Crippen LogP contribution in [0.3, 0.4) is 0 Å². The number of azo groups is 1. The quantitative estimate of drug-likeness (QED) is 0.122. The molecule has 3 N–H and O–H groups in total. The predicted molar refractivity (Wildman–Crippen MR) is 211 cm³/mol. The van der Waals surface area contributed by atoms with E-state index in [1.165, 1.54) is 0 Å². The highest BCUT2D eigenvalue weighted by atomic mass is 16.3. The number of benzene rings is 4. The predicted octanol–water partition coefficient (Wildman–Crippen LogP) is 11.3. The summed E-state index contributed by atoms with van der Waals surface area (Å²) in [5.41, 5.74) is 6.48. The van der Waals surface area contributed by atoms with E-state index in [1.807, 2.05) is 78.9 Å². The third-order valence-electron chi connectivity index (χ3n) is 9.45. The van der Waals surface area contributed by atoms with E-state index in [-0.39, 0.29) is 28.3 Å². The monoisotopic (exact) mass is 681 g/mol. The Morgan fingerprint density at radius 3 is 2.44 bits per heavy atom. The van der Waals surface area contributed by atoms with Crippen LogP contribution in [0.5, 0.6) is 0 Å². The average molecular weight is 682 g/mol. The maximum atomic E-state index is 13.8. The molecule has 2 aliphatic carbocycles. The van der Waals surface area contributed by atoms with Crippen LogP contribution in [0.1, 0.15) is 31.1 Å². The Morgan fingerprint density at radius 1 is 0.865 bits per heavy atom. The first-order chi connectivity index (χ1) is 25.2. The molecule has 0 saturated carbocycles. The van der Waals surface area contributed by atoms with Gasteiger partial charge >= 0.3 is 0 Å². The Kier molecular flexibility index (Phi) is 8.03. The van der Waals surface area contributed by atoms with E-state index in [1.54, 1.807) is 18.2 Å². The molecule has 0 fully saturated rings. The molecule has 0 bridgehead atoms. The second-order valence-corrected chi connectivity index (χ2v) is 13.7. The average Bonchev–Trinajstić information content (AvgIpc) is 3.50. The Labute approximate surface area is 300 Å². The van der Waals surface area contributed by atoms with E-state index in [0.717, 1.165) is 44.5 Å². The molecule has 1 amide bonds. The first kappa shape index (κ1) is 32.5. The molecule has 1 unspecified atom stereocenters. The second-order valence-electron chi connectivity index (χ2n) is 13.7. The van der Waals surface area contributed by atoms with Gasteiger partial charge in [0.15, 0.2) is 0 Å². The Morgan fingerprint density at radius 2 is 1.63 bits per heavy atom. The number of amides is 1. The normalized spacial score (nSPS) is 18.7. The van der Waals surface area contributed by atoms with E-state index in [9.17, 15) is 9.70 Å². The van der Waals surface area contributed by atoms with Crippen molar-refractivity contribution in [3.8, 4) is 0 Å². The molecule has 1 atom stereocenters. The molecule has 1 aliphatic heterocycles. The number of aromatic nitrogens is 1. The molecule has 5 aromatic rings. The van der Waals surface area contributed by atoms with Gasteiger partial charge in [-0.25, -0.2) is 4.99 Å². The minimum Gasteiger partial charge on any atom is -0.354 e. The van der Waals surface area contributed by atoms with Crippen molar-refractivity contribution < 1.29 is 4.79 Å². The number of H-pyrrole nitrogens is 1. The number of fused-ring (bicyclic) bond motifs is 5. The number of aromatic amines is 1. The van der Waals surface area contributed by atoms with Crippen LogP contribution in [-0.2, 0) is 0 Å². The lowest BCUT2D eigenvalue weighted by Crippen LogP contribution is -2.22. The minimum atomic E-state index is -0.476. The van der Waals surface area contributed by atoms with Gasteiger partial charge in [0, 0.05) is 49.6 Å². The maximum Gasteiger partial charge on any atom is 0.258 e. The fourth-order valence-corrected chi connectivity index (χ4v) is 6.63. The molecule has 9 heteroatoms. The van der Waals surface area contributed by atoms with Crippen molar-refractivity contribution >= 4 is 67.1 Å². The number of rotatable bonds is 6. The third kappa shape index (κ3) is 6.02. The lowest BCUT2D eigenvalue weighted by Gasteiger charge is -2.13. The number of carbonyl (C=O) groups is 1. The number of nitrogens with zero attached hydrogens (tertiary/aromatic N) is 4. The molecule has 254 valence electrons. The van der Waals surface area contributed by atoms with E-state index in [4.69, 9.17) is 4.99 Å². The van der Waals surface area contributed by atoms with Gasteiger partial charge in [-0.1, -0.05) is 100 Å². The summed E-state index contributed by atoms with van der Waals surface area (Å²) >= 11 is 0. The fraction of sp³-hybridized carbons (Fsp3) is 0.116. The van der Waals surface area contributed by atoms with Crippen LogP contribution >= 0.6 is 0 Å². The Bertz CT molecular complexity index is 2610. The summed E-state index contributed by atoms with van der Waals surface area (Å²) in [6.45, 7) is 10.5. The number of allylic oxidation sites excluding steroid dienone is 8. The highest BCUT2D eigenvalue weighted by Gasteiger charge is 2.25. The van der Waals surface area contributed by atoms with Gasteiger partial charge in [-0.3, -0.25) is 4.79 Å². The first-order valence-electron chi connectivity index (χ1n) is 17.1. The van der Waals surface area contributed by atoms with Crippen molar-refractivity contribution in [3.05, 3.63) is 161 Å². The third-order valence-corrected chi connectivity index (χ3v) is 9.45. The number of amidine groups is 1. The van der Waals surface area contributed by atoms with Crippen molar-refractivity contribution in [2.24, 2.45) is 31.7 Å². The Hall–Kier alpha value is -6.74. The number of nitrogens with one attached hydrogen (secondary N) is 3. The number of aliphatic imine (C=N–C) groups is 1. The molecule has 3 aliphatic rings. The number of carbonyl (C=O) groups excluding carboxylic acids is 1. The van der Waals surface area contributed by atoms with E-state index in [0.29, 0.717) is 27.8 Å². The summed E-state index contributed by atoms with van der Waals surface area (Å²) in [6, 6.07) is 20.9. The summed E-state index contributed by atoms with van der Waals surface area (Å²) in [5.74, 6) is 0.467. The van der Waals surface area contributed by atoms with Gasteiger partial charge in [-0.2, -0.15) is 5.11 Å². The topological polar surface area (TPSA) is 123 Å². The summed E-state index contributed by atoms with van der Waals surface area (Å²) in [5, 5.41) is 22.2. The van der Waals surface area contributed by atoms with Crippen molar-refractivity contribution in [1.29, 1.82) is 0 Å². The molecule has 1 aromatic heterocycles. The number of nitroso groups, excluding NO2 is 1. The molecule has 0 saturated heterocycles. The van der Waals surface area contributed by atoms with Gasteiger partial charge in [0.25, 0.3) is 5.91 Å². The molecule has 52 heavy (non-hydrogen) atoms. The largest absolute Gasteiger partial charge is 0.354 e. The van der Waals surface area contributed by atoms with Crippen LogP contribution in [0.15, 0.2) is 171 Å². The molecule has 2 heterocycles. The highest BCUT2D eigenvalue weighted by molar-refractivity contribution is 6.23. The second kappa shape index (κ2) is 12.9. The van der Waals surface area contributed by atoms with Crippen molar-refractivity contribution in [3.63, 3.8) is 0 Å². The molecular weight excluding hydrogens is 647 g/mol. The molecule has 0 radical (unpaired) electrons. The lowest BCUT2D eigenvalue weighted by molar-refractivity contribution is 0.0968. The van der Waals surface area contributed by atoms with E-state index >= 15 is 0 Å². The SMILES string of the molecule is C=C1NC(=Nc2ccc(N=Nc3c(N=O)c(C(=O)NC4=CC=CC(C)C=C4)cc4ccc5c6ccccc6[nH]c5c34)cc2)C2=C1C=CC(C)(C)C=C2. The lowest BCUT2D eigenvalue weighted by atomic mass is 9.93. The highest BCUT2D eigenvalue weighted by Crippen LogP contribution is 2.44. The number of para-hydroxylation sites is 1. The van der Waals surface area contributed by atoms with Gasteiger partial charge in [-0.15, -0.1) is 10.0 Å². The zero-order valence-corrected chi connectivity index (χ0v) is 28.9. The van der Waals surface area contributed by atoms with Crippen molar-refractivity contribution in [2.45, 2.75) is 20.8 Å². The van der Waals surface area contributed by atoms with E-state index < -0.39 is 5.91 Å². The standard InChI is InChI=1S/C43H35N7O2/c1-25-8-7-9-28(14-12-25)46-42(51)35-24-27-13-19-33-32-10-5-6-11-36(32)47-38(33)37(27)40(39(35)50-52)49-48-30-17-15-29(16-18-30)45-41-34-21-23-43(3,4)22-20-31(34)26(2)44-41/h5-25,47H,2H2,1,3-4H3,(H,44,45)(H,46,51). The summed E-state index contributed by atoms with van der Waals surface area (Å²) < 4.78 is 0. The zero-order chi connectivity index (χ0) is 36.0. The maximum absolute atomic E-state index is 13.8. The molecular formula is C43H35N7O2. The molecule has 4 aromatic carbocycles.